The Morgan fingerprint density at radius 1 is 0.426 bits per heavy atom. The van der Waals surface area contributed by atoms with Gasteiger partial charge >= 0.3 is 0 Å². The molecule has 9 aromatic carbocycles. The monoisotopic (exact) mass is 2800 g/mol. The van der Waals surface area contributed by atoms with E-state index in [1.165, 1.54) is 33.9 Å². The molecule has 2 radical (unpaired) electrons. The van der Waals surface area contributed by atoms with Gasteiger partial charge in [-0.15, -0.1) is 115 Å². The van der Waals surface area contributed by atoms with Crippen molar-refractivity contribution in [1.82, 2.24) is 5.32 Å². The maximum atomic E-state index is 12.1. The fraction of sp³-hybridized carbons (Fsp3) is 0.306. The third-order valence-corrected chi connectivity index (χ3v) is 14.8. The third kappa shape index (κ3) is 47.9. The molecule has 1 amide bonds. The largest absolute Gasteiger partial charge is 0.487 e. The summed E-state index contributed by atoms with van der Waals surface area (Å²) in [7, 11) is 8.38. The van der Waals surface area contributed by atoms with Crippen molar-refractivity contribution in [2.24, 2.45) is 5.73 Å². The number of methoxy groups -OCH3 is 5. The van der Waals surface area contributed by atoms with Crippen molar-refractivity contribution in [3.8, 4) is 0 Å². The number of aromatic carboxylic acids is 1. The molecule has 0 atom stereocenters. The molecule has 0 aliphatic carbocycles. The first kappa shape index (κ1) is 121. The molecule has 572 valence electrons. The molecule has 108 heavy (non-hydrogen) atoms. The number of nitrogens with one attached hydrogen (secondary N) is 1. The van der Waals surface area contributed by atoms with Crippen molar-refractivity contribution in [2.75, 3.05) is 35.5 Å². The first-order valence-electron chi connectivity index (χ1n) is 31.7. The van der Waals surface area contributed by atoms with Gasteiger partial charge in [0, 0.05) is 295 Å². The first-order chi connectivity index (χ1) is 47.2. The molecule has 9 rings (SSSR count). The van der Waals surface area contributed by atoms with Crippen LogP contribution in [0, 0.1) is 151 Å². The molecule has 5 N–H and O–H groups in total. The van der Waals surface area contributed by atoms with Crippen LogP contribution in [0.5, 0.6) is 0 Å². The van der Waals surface area contributed by atoms with E-state index in [4.69, 9.17) is 52.8 Å². The standard InChI is InChI=1S/C18H19NO2.2C10H10NO.C10H14NO.C10H13O.C9H9O2.C9H11O.C9H9O.7W.2Y/c1-13-6-4-5-7-17(13)18(20)19-11-15-8-9-16(12-21-3)14(2)10-15;2*1-8-6-10(11-2)5-4-9(8)7-12-3;1-8-5-9(6-11)3-4-10(8)7-12-2;1-8-4-5-10(7-11-3)9(2)6-8;1-6-3-4-8(9(10)11)7(2)5-6;1-7-3-4-9(6-10)8(2)5-7;1-7-5-3-4-6-9(7)8(2)10;;;;;;;;;/h4-6,9-10H,11-12H2,1-3H3,(H,19,20);2*4,6H,7H2,1,3H3;4-5H,6-7,11H2,1-2H3;5-6H,7H2,1-3H3;4-5H,1-2H3,(H,10,11);4-5,10H,6H2,1-2H3;3-5H,1-2H3;;;;;;;;;/q-2;7*-1;;;;;;;;;. The minimum absolute atomic E-state index is 0. The molecular formula is C85H95N4O10W7Y2-9. The summed E-state index contributed by atoms with van der Waals surface area (Å²) in [5.41, 5.74) is 29.8. The van der Waals surface area contributed by atoms with Crippen LogP contribution in [0.3, 0.4) is 0 Å². The van der Waals surface area contributed by atoms with E-state index in [2.05, 4.69) is 89.5 Å². The van der Waals surface area contributed by atoms with Gasteiger partial charge in [-0.3, -0.25) is 14.5 Å². The van der Waals surface area contributed by atoms with Crippen molar-refractivity contribution in [2.45, 2.75) is 143 Å². The van der Waals surface area contributed by atoms with Gasteiger partial charge in [0.2, 0.25) is 0 Å². The summed E-state index contributed by atoms with van der Waals surface area (Å²) in [6.45, 7) is 42.9. The SMILES string of the molecule is CC(=O)c1[c-]cccc1C.COCc1c[c-]c(C)cc1C.COCc1c[c-]c(CN)cc1C.COCc1c[c-]c(CNC(=O)c2[c-]cccc2C)cc1C.Cc1[c-]cc(C(=O)O)c(C)c1.Cc1[c-]cc(CO)c(C)c1.[C-]#[N+]c1[c-]cc(COC)c(C)c1.[C-]#[N+]c1[c-]cc(COC)c(C)c1.[W].[W].[W].[W].[W].[W].[W].[Y].[Y]. The molecule has 23 heteroatoms. The van der Waals surface area contributed by atoms with Crippen LogP contribution in [-0.4, -0.2) is 63.4 Å². The minimum Gasteiger partial charge on any atom is -0.487 e. The number of amides is 1. The number of ether oxygens (including phenoxy) is 5. The Labute approximate surface area is 795 Å². The van der Waals surface area contributed by atoms with Crippen molar-refractivity contribution in [1.29, 1.82) is 0 Å². The number of aliphatic hydroxyl groups excluding tert-OH is 1. The molecule has 0 saturated carbocycles. The molecule has 0 bridgehead atoms. The molecule has 0 aliphatic heterocycles. The quantitative estimate of drug-likeness (QED) is 0.0502. The molecule has 0 heterocycles. The smallest absolute Gasteiger partial charge is 0.278 e. The molecule has 14 nitrogen and oxygen atoms in total. The molecule has 0 spiro atoms. The van der Waals surface area contributed by atoms with E-state index >= 15 is 0 Å². The van der Waals surface area contributed by atoms with E-state index in [-0.39, 0.29) is 231 Å². The summed E-state index contributed by atoms with van der Waals surface area (Å²) >= 11 is 0. The molecule has 0 aromatic heterocycles. The van der Waals surface area contributed by atoms with Crippen molar-refractivity contribution in [3.63, 3.8) is 0 Å². The number of nitrogens with two attached hydrogens (primary N) is 1. The minimum atomic E-state index is -0.890. The predicted octanol–water partition coefficient (Wildman–Crippen LogP) is 17.0. The summed E-state index contributed by atoms with van der Waals surface area (Å²) in [4.78, 5) is 40.0. The van der Waals surface area contributed by atoms with Crippen LogP contribution in [0.1, 0.15) is 149 Å². The van der Waals surface area contributed by atoms with Gasteiger partial charge in [0.15, 0.2) is 5.91 Å². The van der Waals surface area contributed by atoms with Gasteiger partial charge in [0.25, 0.3) is 5.97 Å². The fourth-order valence-corrected chi connectivity index (χ4v) is 9.13. The number of hydrogen-bond donors (Lipinski definition) is 4. The van der Waals surface area contributed by atoms with Crippen LogP contribution in [0.25, 0.3) is 9.69 Å². The number of aryl methyl sites for hydroxylation is 12. The number of carbonyl (C=O) groups excluding carboxylic acids is 2. The van der Waals surface area contributed by atoms with Gasteiger partial charge in [-0.2, -0.15) is 177 Å². The molecule has 0 unspecified atom stereocenters. The number of carbonyl (C=O) groups is 3. The number of Topliss-reactive ketones (excluding diaryl/α,β-unsaturated/α-hetero) is 1. The van der Waals surface area contributed by atoms with Crippen LogP contribution in [0.2, 0.25) is 0 Å². The van der Waals surface area contributed by atoms with Crippen molar-refractivity contribution >= 4 is 29.0 Å². The summed E-state index contributed by atoms with van der Waals surface area (Å²) in [5.74, 6) is -0.919. The van der Waals surface area contributed by atoms with E-state index in [0.717, 1.165) is 83.5 Å². The van der Waals surface area contributed by atoms with Gasteiger partial charge in [-0.05, 0) is 19.0 Å². The number of carboxylic acid groups (broad SMARTS) is 1. The zero-order chi connectivity index (χ0) is 74.0. The summed E-state index contributed by atoms with van der Waals surface area (Å²) in [6.07, 6.45) is 0. The van der Waals surface area contributed by atoms with E-state index in [1.54, 1.807) is 61.5 Å². The van der Waals surface area contributed by atoms with Crippen LogP contribution < -0.4 is 11.1 Å². The molecular weight excluding hydrogens is 2700 g/mol. The van der Waals surface area contributed by atoms with Crippen LogP contribution in [-0.2, 0) is 289 Å². The van der Waals surface area contributed by atoms with E-state index in [9.17, 15) is 14.4 Å². The normalized spacial score (nSPS) is 9.06. The number of hydrogen-bond acceptors (Lipinski definition) is 10. The molecule has 0 fully saturated rings. The van der Waals surface area contributed by atoms with Gasteiger partial charge in [-0.25, -0.2) is 0 Å². The number of benzene rings is 9. The van der Waals surface area contributed by atoms with E-state index in [1.807, 2.05) is 159 Å². The maximum Gasteiger partial charge on any atom is 0.278 e. The number of rotatable bonds is 17. The Morgan fingerprint density at radius 2 is 0.741 bits per heavy atom. The number of ketones is 1. The Kier molecular flexibility index (Phi) is 78.2. The van der Waals surface area contributed by atoms with Gasteiger partial charge in [0.05, 0.1) is 30.3 Å². The van der Waals surface area contributed by atoms with Crippen LogP contribution >= 0.6 is 0 Å². The zero-order valence-electron chi connectivity index (χ0n) is 64.8. The summed E-state index contributed by atoms with van der Waals surface area (Å²) in [6, 6.07) is 64.5. The Morgan fingerprint density at radius 3 is 1.04 bits per heavy atom. The zero-order valence-corrected chi connectivity index (χ0v) is 91.1. The van der Waals surface area contributed by atoms with E-state index in [0.29, 0.717) is 74.2 Å². The van der Waals surface area contributed by atoms with Crippen LogP contribution in [0.15, 0.2) is 121 Å². The van der Waals surface area contributed by atoms with Crippen molar-refractivity contribution < 1.29 is 261 Å². The second-order valence-corrected chi connectivity index (χ2v) is 23.0. The Bertz CT molecular complexity index is 4050. The van der Waals surface area contributed by atoms with Crippen LogP contribution in [0.4, 0.5) is 11.4 Å². The van der Waals surface area contributed by atoms with Gasteiger partial charge < -0.3 is 54.5 Å². The Hall–Kier alpha value is -2.68. The molecule has 9 aromatic rings. The fourth-order valence-electron chi connectivity index (χ4n) is 9.13. The average Bonchev–Trinajstić information content (AvgIpc) is 0.874. The Balaban J connectivity index is -0.000000176. The topological polar surface area (TPSA) is 185 Å². The van der Waals surface area contributed by atoms with E-state index < -0.39 is 5.97 Å². The maximum absolute atomic E-state index is 12.1. The number of aliphatic hydroxyl groups is 1. The van der Waals surface area contributed by atoms with Gasteiger partial charge in [0.1, 0.15) is 0 Å². The number of carboxylic acids is 1. The second-order valence-electron chi connectivity index (χ2n) is 23.0. The first-order valence-corrected chi connectivity index (χ1v) is 31.7. The predicted molar refractivity (Wildman–Crippen MR) is 392 cm³/mol. The second kappa shape index (κ2) is 69.8. The summed E-state index contributed by atoms with van der Waals surface area (Å²) in [5, 5.41) is 20.3. The average molecular weight is 2800 g/mol. The van der Waals surface area contributed by atoms with Crippen molar-refractivity contribution in [3.05, 3.63) is 327 Å². The number of nitrogens with zero attached hydrogens (tertiary/aromatic N) is 2. The third-order valence-electron chi connectivity index (χ3n) is 14.8. The molecule has 0 aliphatic rings. The summed E-state index contributed by atoms with van der Waals surface area (Å²) < 4.78 is 25.2. The van der Waals surface area contributed by atoms with Gasteiger partial charge in [-0.1, -0.05) is 88.6 Å². The molecule has 0 saturated heterocycles.